The molecule has 0 aromatic heterocycles. The van der Waals surface area contributed by atoms with Crippen LogP contribution in [0.4, 0.5) is 11.4 Å². The minimum atomic E-state index is 1.12. The van der Waals surface area contributed by atoms with Gasteiger partial charge in [-0.1, -0.05) is 48.0 Å². The molecule has 0 radical (unpaired) electrons. The van der Waals surface area contributed by atoms with Gasteiger partial charge in [-0.25, -0.2) is 0 Å². The van der Waals surface area contributed by atoms with Gasteiger partial charge in [-0.05, 0) is 50.1 Å². The summed E-state index contributed by atoms with van der Waals surface area (Å²) in [6.07, 6.45) is 6.91. The zero-order valence-electron chi connectivity index (χ0n) is 11.8. The smallest absolute Gasteiger partial charge is 0.0461 e. The molecule has 100 valence electrons. The molecular formula is C19H19N. The van der Waals surface area contributed by atoms with Crippen molar-refractivity contribution in [2.75, 3.05) is 4.90 Å². The quantitative estimate of drug-likeness (QED) is 0.710. The lowest BCUT2D eigenvalue weighted by molar-refractivity contribution is 0.933. The normalized spacial score (nSPS) is 14.4. The molecule has 0 N–H and O–H groups in total. The molecule has 0 bridgehead atoms. The standard InChI is InChI=1S/C19H19N/c1-16-9-8-14-19(15-16)20(17-10-4-2-5-11-17)18-12-6-3-7-13-18/h2-7,10-15H,8-9H2,1H3. The first-order chi connectivity index (χ1) is 9.84. The Kier molecular flexibility index (Phi) is 3.69. The fourth-order valence-electron chi connectivity index (χ4n) is 2.59. The molecule has 1 aliphatic carbocycles. The Labute approximate surface area is 120 Å². The van der Waals surface area contributed by atoms with E-state index in [-0.39, 0.29) is 0 Å². The van der Waals surface area contributed by atoms with Crippen molar-refractivity contribution in [1.82, 2.24) is 0 Å². The third-order valence-corrected chi connectivity index (χ3v) is 3.57. The molecule has 0 amide bonds. The fraction of sp³-hybridized carbons (Fsp3) is 0.158. The van der Waals surface area contributed by atoms with Gasteiger partial charge < -0.3 is 4.90 Å². The van der Waals surface area contributed by atoms with Gasteiger partial charge >= 0.3 is 0 Å². The van der Waals surface area contributed by atoms with E-state index < -0.39 is 0 Å². The predicted octanol–water partition coefficient (Wildman–Crippen LogP) is 5.45. The molecule has 2 aromatic carbocycles. The summed E-state index contributed by atoms with van der Waals surface area (Å²) >= 11 is 0. The Balaban J connectivity index is 2.07. The monoisotopic (exact) mass is 261 g/mol. The number of anilines is 2. The van der Waals surface area contributed by atoms with E-state index in [1.807, 2.05) is 0 Å². The molecule has 0 unspecified atom stereocenters. The van der Waals surface area contributed by atoms with Gasteiger partial charge in [0.05, 0.1) is 0 Å². The molecular weight excluding hydrogens is 242 g/mol. The summed E-state index contributed by atoms with van der Waals surface area (Å²) in [4.78, 5) is 2.32. The average molecular weight is 261 g/mol. The number of para-hydroxylation sites is 2. The van der Waals surface area contributed by atoms with Crippen LogP contribution in [0, 0.1) is 0 Å². The van der Waals surface area contributed by atoms with Crippen molar-refractivity contribution in [3.63, 3.8) is 0 Å². The van der Waals surface area contributed by atoms with Gasteiger partial charge in [-0.15, -0.1) is 0 Å². The molecule has 0 spiro atoms. The minimum Gasteiger partial charge on any atom is -0.311 e. The lowest BCUT2D eigenvalue weighted by Gasteiger charge is -2.28. The van der Waals surface area contributed by atoms with E-state index >= 15 is 0 Å². The zero-order chi connectivity index (χ0) is 13.8. The van der Waals surface area contributed by atoms with Crippen LogP contribution in [0.2, 0.25) is 0 Å². The molecule has 0 saturated heterocycles. The van der Waals surface area contributed by atoms with Crippen LogP contribution in [-0.4, -0.2) is 0 Å². The third-order valence-electron chi connectivity index (χ3n) is 3.57. The lowest BCUT2D eigenvalue weighted by atomic mass is 10.0. The highest BCUT2D eigenvalue weighted by Crippen LogP contribution is 2.32. The van der Waals surface area contributed by atoms with Crippen molar-refractivity contribution in [3.8, 4) is 0 Å². The van der Waals surface area contributed by atoms with Gasteiger partial charge in [-0.2, -0.15) is 0 Å². The van der Waals surface area contributed by atoms with Crippen molar-refractivity contribution in [1.29, 1.82) is 0 Å². The number of hydrogen-bond donors (Lipinski definition) is 0. The van der Waals surface area contributed by atoms with Crippen LogP contribution in [0.3, 0.4) is 0 Å². The topological polar surface area (TPSA) is 3.24 Å². The third kappa shape index (κ3) is 2.67. The molecule has 1 heteroatoms. The Morgan fingerprint density at radius 3 is 1.85 bits per heavy atom. The summed E-state index contributed by atoms with van der Waals surface area (Å²) in [6.45, 7) is 2.21. The maximum Gasteiger partial charge on any atom is 0.0461 e. The molecule has 0 heterocycles. The molecule has 3 rings (SSSR count). The van der Waals surface area contributed by atoms with Crippen LogP contribution < -0.4 is 4.90 Å². The van der Waals surface area contributed by atoms with E-state index in [0.29, 0.717) is 0 Å². The maximum atomic E-state index is 2.33. The summed E-state index contributed by atoms with van der Waals surface area (Å²) in [6, 6.07) is 21.1. The number of nitrogens with zero attached hydrogens (tertiary/aromatic N) is 1. The summed E-state index contributed by atoms with van der Waals surface area (Å²) in [5.74, 6) is 0. The van der Waals surface area contributed by atoms with Crippen LogP contribution in [0.5, 0.6) is 0 Å². The summed E-state index contributed by atoms with van der Waals surface area (Å²) in [5.41, 5.74) is 5.12. The van der Waals surface area contributed by atoms with E-state index in [1.54, 1.807) is 0 Å². The Morgan fingerprint density at radius 1 is 0.800 bits per heavy atom. The highest BCUT2D eigenvalue weighted by Gasteiger charge is 2.14. The van der Waals surface area contributed by atoms with Crippen molar-refractivity contribution in [3.05, 3.63) is 84.1 Å². The first-order valence-electron chi connectivity index (χ1n) is 7.12. The maximum absolute atomic E-state index is 2.33. The first-order valence-corrected chi connectivity index (χ1v) is 7.12. The van der Waals surface area contributed by atoms with Crippen LogP contribution in [0.15, 0.2) is 84.1 Å². The highest BCUT2D eigenvalue weighted by atomic mass is 15.1. The number of hydrogen-bond acceptors (Lipinski definition) is 1. The SMILES string of the molecule is CC1=CC(N(c2ccccc2)c2ccccc2)=CCC1. The molecule has 0 saturated carbocycles. The van der Waals surface area contributed by atoms with E-state index in [4.69, 9.17) is 0 Å². The molecule has 1 aliphatic rings. The zero-order valence-corrected chi connectivity index (χ0v) is 11.8. The van der Waals surface area contributed by atoms with Gasteiger partial charge in [0.2, 0.25) is 0 Å². The van der Waals surface area contributed by atoms with Gasteiger partial charge in [0, 0.05) is 17.1 Å². The van der Waals surface area contributed by atoms with Gasteiger partial charge in [0.1, 0.15) is 0 Å². The highest BCUT2D eigenvalue weighted by molar-refractivity contribution is 5.70. The van der Waals surface area contributed by atoms with E-state index in [0.717, 1.165) is 6.42 Å². The largest absolute Gasteiger partial charge is 0.311 e. The second-order valence-electron chi connectivity index (χ2n) is 5.16. The van der Waals surface area contributed by atoms with E-state index in [9.17, 15) is 0 Å². The molecule has 0 fully saturated rings. The second-order valence-corrected chi connectivity index (χ2v) is 5.16. The molecule has 1 nitrogen and oxygen atoms in total. The Bertz CT molecular complexity index is 584. The Hall–Kier alpha value is -2.28. The number of rotatable bonds is 3. The van der Waals surface area contributed by atoms with Crippen molar-refractivity contribution < 1.29 is 0 Å². The van der Waals surface area contributed by atoms with Gasteiger partial charge in [0.15, 0.2) is 0 Å². The molecule has 0 aliphatic heterocycles. The van der Waals surface area contributed by atoms with Crippen LogP contribution in [0.1, 0.15) is 19.8 Å². The van der Waals surface area contributed by atoms with Crippen molar-refractivity contribution in [2.45, 2.75) is 19.8 Å². The molecule has 0 atom stereocenters. The summed E-state index contributed by atoms with van der Waals surface area (Å²) < 4.78 is 0. The average Bonchev–Trinajstić information content (AvgIpc) is 2.50. The van der Waals surface area contributed by atoms with Crippen LogP contribution >= 0.6 is 0 Å². The summed E-state index contributed by atoms with van der Waals surface area (Å²) in [5, 5.41) is 0. The Morgan fingerprint density at radius 2 is 1.35 bits per heavy atom. The molecule has 20 heavy (non-hydrogen) atoms. The lowest BCUT2D eigenvalue weighted by Crippen LogP contribution is -2.16. The molecule has 2 aromatic rings. The predicted molar refractivity (Wildman–Crippen MR) is 86.1 cm³/mol. The summed E-state index contributed by atoms with van der Waals surface area (Å²) in [7, 11) is 0. The van der Waals surface area contributed by atoms with Crippen LogP contribution in [-0.2, 0) is 0 Å². The first kappa shape index (κ1) is 12.7. The van der Waals surface area contributed by atoms with Crippen molar-refractivity contribution >= 4 is 11.4 Å². The minimum absolute atomic E-state index is 1.12. The van der Waals surface area contributed by atoms with Gasteiger partial charge in [-0.3, -0.25) is 0 Å². The van der Waals surface area contributed by atoms with Crippen molar-refractivity contribution in [2.24, 2.45) is 0 Å². The number of allylic oxidation sites excluding steroid dienone is 3. The van der Waals surface area contributed by atoms with Gasteiger partial charge in [0.25, 0.3) is 0 Å². The van der Waals surface area contributed by atoms with E-state index in [1.165, 1.54) is 29.1 Å². The number of benzene rings is 2. The fourth-order valence-corrected chi connectivity index (χ4v) is 2.59. The second kappa shape index (κ2) is 5.79. The van der Waals surface area contributed by atoms with E-state index in [2.05, 4.69) is 84.6 Å². The van der Waals surface area contributed by atoms with Crippen LogP contribution in [0.25, 0.3) is 0 Å².